The number of nitrogens with zero attached hydrogens (tertiary/aromatic N) is 3. The number of hydrogen-bond donors (Lipinski definition) is 0. The van der Waals surface area contributed by atoms with Crippen LogP contribution >= 0.6 is 0 Å². The van der Waals surface area contributed by atoms with Crippen molar-refractivity contribution in [3.8, 4) is 5.69 Å². The molecule has 0 unspecified atom stereocenters. The summed E-state index contributed by atoms with van der Waals surface area (Å²) < 4.78 is 2.42. The number of fused-ring (bicyclic) bond motifs is 4. The highest BCUT2D eigenvalue weighted by molar-refractivity contribution is 6.14. The molecule has 0 fully saturated rings. The van der Waals surface area contributed by atoms with Crippen LogP contribution in [0, 0.1) is 0 Å². The minimum absolute atomic E-state index is 0.435. The lowest BCUT2D eigenvalue weighted by Gasteiger charge is -2.26. The Morgan fingerprint density at radius 2 is 1.26 bits per heavy atom. The van der Waals surface area contributed by atoms with Gasteiger partial charge in [0.1, 0.15) is 0 Å². The molecule has 3 nitrogen and oxygen atoms in total. The monoisotopic (exact) mass is 403 g/mol. The molecule has 0 amide bonds. The summed E-state index contributed by atoms with van der Waals surface area (Å²) in [5.41, 5.74) is 7.51. The highest BCUT2D eigenvalue weighted by Gasteiger charge is 2.30. The van der Waals surface area contributed by atoms with Crippen LogP contribution in [0.25, 0.3) is 27.5 Å². The van der Waals surface area contributed by atoms with Crippen molar-refractivity contribution in [2.45, 2.75) is 19.9 Å². The van der Waals surface area contributed by atoms with Crippen molar-refractivity contribution in [1.29, 1.82) is 0 Å². The van der Waals surface area contributed by atoms with Crippen LogP contribution in [0.2, 0.25) is 0 Å². The zero-order chi connectivity index (χ0) is 20.9. The first-order valence-electron chi connectivity index (χ1n) is 10.9. The lowest BCUT2D eigenvalue weighted by atomic mass is 10.1. The van der Waals surface area contributed by atoms with E-state index in [0.717, 1.165) is 6.67 Å². The van der Waals surface area contributed by atoms with Crippen LogP contribution in [0.5, 0.6) is 0 Å². The Balaban J connectivity index is 1.68. The fourth-order valence-electron chi connectivity index (χ4n) is 4.95. The molecule has 0 saturated carbocycles. The molecule has 0 bridgehead atoms. The molecule has 0 aliphatic carbocycles. The van der Waals surface area contributed by atoms with Gasteiger partial charge in [-0.1, -0.05) is 60.7 Å². The normalized spacial score (nSPS) is 13.5. The third-order valence-electron chi connectivity index (χ3n) is 6.38. The SMILES string of the molecule is CC(C)N1CN(c2cccc3c4ccccc4n(-c4ccccc4)c23)c2ccccc21. The fourth-order valence-corrected chi connectivity index (χ4v) is 4.95. The molecule has 0 atom stereocenters. The fraction of sp³-hybridized carbons (Fsp3) is 0.143. The second kappa shape index (κ2) is 6.92. The standard InChI is InChI=1S/C28H25N3/c1-20(2)29-19-30(26-17-9-8-16-25(26)29)27-18-10-14-23-22-13-6-7-15-24(22)31(28(23)27)21-11-4-3-5-12-21/h3-18,20H,19H2,1-2H3. The lowest BCUT2D eigenvalue weighted by Crippen LogP contribution is -2.33. The van der Waals surface area contributed by atoms with Crippen LogP contribution < -0.4 is 9.80 Å². The van der Waals surface area contributed by atoms with Crippen molar-refractivity contribution in [1.82, 2.24) is 4.57 Å². The number of aromatic nitrogens is 1. The van der Waals surface area contributed by atoms with E-state index in [1.165, 1.54) is 44.6 Å². The molecule has 1 aliphatic heterocycles. The van der Waals surface area contributed by atoms with Gasteiger partial charge in [0.15, 0.2) is 0 Å². The summed E-state index contributed by atoms with van der Waals surface area (Å²) >= 11 is 0. The molecular weight excluding hydrogens is 378 g/mol. The molecule has 0 saturated heterocycles. The second-order valence-corrected chi connectivity index (χ2v) is 8.48. The van der Waals surface area contributed by atoms with Crippen LogP contribution in [-0.4, -0.2) is 17.3 Å². The van der Waals surface area contributed by atoms with E-state index in [1.54, 1.807) is 0 Å². The number of benzene rings is 4. The van der Waals surface area contributed by atoms with Crippen LogP contribution in [0.4, 0.5) is 17.1 Å². The lowest BCUT2D eigenvalue weighted by molar-refractivity contribution is 0.709. The van der Waals surface area contributed by atoms with E-state index < -0.39 is 0 Å². The molecular formula is C28H25N3. The summed E-state index contributed by atoms with van der Waals surface area (Å²) in [6, 6.07) is 35.3. The number of hydrogen-bond acceptors (Lipinski definition) is 2. The molecule has 1 aliphatic rings. The van der Waals surface area contributed by atoms with E-state index in [9.17, 15) is 0 Å². The highest BCUT2D eigenvalue weighted by atomic mass is 15.4. The van der Waals surface area contributed by atoms with Crippen molar-refractivity contribution < 1.29 is 0 Å². The van der Waals surface area contributed by atoms with Crippen molar-refractivity contribution in [2.24, 2.45) is 0 Å². The van der Waals surface area contributed by atoms with Crippen LogP contribution in [0.1, 0.15) is 13.8 Å². The Bertz CT molecular complexity index is 1400. The van der Waals surface area contributed by atoms with Crippen molar-refractivity contribution >= 4 is 38.9 Å². The molecule has 0 radical (unpaired) electrons. The van der Waals surface area contributed by atoms with Gasteiger partial charge >= 0.3 is 0 Å². The summed E-state index contributed by atoms with van der Waals surface area (Å²) in [6.07, 6.45) is 0. The van der Waals surface area contributed by atoms with Crippen molar-refractivity contribution in [3.05, 3.63) is 97.1 Å². The largest absolute Gasteiger partial charge is 0.349 e. The Labute approximate surface area is 182 Å². The minimum Gasteiger partial charge on any atom is -0.349 e. The average Bonchev–Trinajstić information content (AvgIpc) is 3.36. The minimum atomic E-state index is 0.435. The molecule has 152 valence electrons. The average molecular weight is 404 g/mol. The second-order valence-electron chi connectivity index (χ2n) is 8.48. The molecule has 1 aromatic heterocycles. The van der Waals surface area contributed by atoms with Gasteiger partial charge in [0.2, 0.25) is 0 Å². The molecule has 5 aromatic rings. The van der Waals surface area contributed by atoms with E-state index in [2.05, 4.69) is 125 Å². The predicted octanol–water partition coefficient (Wildman–Crippen LogP) is 7.11. The van der Waals surface area contributed by atoms with Gasteiger partial charge in [0.25, 0.3) is 0 Å². The highest BCUT2D eigenvalue weighted by Crippen LogP contribution is 2.45. The summed E-state index contributed by atoms with van der Waals surface area (Å²) in [7, 11) is 0. The third kappa shape index (κ3) is 2.66. The quantitative estimate of drug-likeness (QED) is 0.318. The van der Waals surface area contributed by atoms with Gasteiger partial charge in [-0.3, -0.25) is 0 Å². The smallest absolute Gasteiger partial charge is 0.0956 e. The molecule has 0 spiro atoms. The topological polar surface area (TPSA) is 11.4 Å². The van der Waals surface area contributed by atoms with Gasteiger partial charge in [-0.2, -0.15) is 0 Å². The van der Waals surface area contributed by atoms with E-state index in [0.29, 0.717) is 6.04 Å². The summed E-state index contributed by atoms with van der Waals surface area (Å²) in [6.45, 7) is 5.39. The maximum Gasteiger partial charge on any atom is 0.0956 e. The third-order valence-corrected chi connectivity index (χ3v) is 6.38. The first-order valence-corrected chi connectivity index (χ1v) is 10.9. The van der Waals surface area contributed by atoms with E-state index in [-0.39, 0.29) is 0 Å². The van der Waals surface area contributed by atoms with E-state index in [1.807, 2.05) is 0 Å². The number of rotatable bonds is 3. The molecule has 3 heteroatoms. The maximum atomic E-state index is 2.48. The first-order chi connectivity index (χ1) is 15.2. The Hall–Kier alpha value is -3.72. The maximum absolute atomic E-state index is 2.48. The molecule has 0 N–H and O–H groups in total. The zero-order valence-corrected chi connectivity index (χ0v) is 17.9. The van der Waals surface area contributed by atoms with Gasteiger partial charge < -0.3 is 14.4 Å². The van der Waals surface area contributed by atoms with Crippen LogP contribution in [0.15, 0.2) is 97.1 Å². The Morgan fingerprint density at radius 3 is 2.06 bits per heavy atom. The summed E-state index contributed by atoms with van der Waals surface area (Å²) in [5, 5.41) is 2.58. The molecule has 6 rings (SSSR count). The van der Waals surface area contributed by atoms with E-state index >= 15 is 0 Å². The zero-order valence-electron chi connectivity index (χ0n) is 17.9. The van der Waals surface area contributed by atoms with Crippen molar-refractivity contribution in [3.63, 3.8) is 0 Å². The number of anilines is 3. The Morgan fingerprint density at radius 1 is 0.613 bits per heavy atom. The molecule has 4 aromatic carbocycles. The van der Waals surface area contributed by atoms with Crippen molar-refractivity contribution in [2.75, 3.05) is 16.5 Å². The van der Waals surface area contributed by atoms with E-state index in [4.69, 9.17) is 0 Å². The molecule has 2 heterocycles. The van der Waals surface area contributed by atoms with Crippen LogP contribution in [-0.2, 0) is 0 Å². The summed E-state index contributed by atoms with van der Waals surface area (Å²) in [5.74, 6) is 0. The van der Waals surface area contributed by atoms with Crippen LogP contribution in [0.3, 0.4) is 0 Å². The molecule has 31 heavy (non-hydrogen) atoms. The Kier molecular flexibility index (Phi) is 4.03. The first kappa shape index (κ1) is 18.1. The predicted molar refractivity (Wildman–Crippen MR) is 132 cm³/mol. The number of para-hydroxylation sites is 5. The summed E-state index contributed by atoms with van der Waals surface area (Å²) in [4.78, 5) is 4.94. The van der Waals surface area contributed by atoms with Gasteiger partial charge in [0, 0.05) is 22.5 Å². The van der Waals surface area contributed by atoms with Gasteiger partial charge in [-0.25, -0.2) is 0 Å². The van der Waals surface area contributed by atoms with Gasteiger partial charge in [-0.15, -0.1) is 0 Å². The van der Waals surface area contributed by atoms with Gasteiger partial charge in [0.05, 0.1) is 34.8 Å². The van der Waals surface area contributed by atoms with Gasteiger partial charge in [-0.05, 0) is 50.2 Å².